The molecule has 0 N–H and O–H groups in total. The number of pyridine rings is 1. The first-order chi connectivity index (χ1) is 9.18. The number of hydrogen-bond acceptors (Lipinski definition) is 4. The van der Waals surface area contributed by atoms with Crippen molar-refractivity contribution in [1.82, 2.24) is 4.98 Å². The smallest absolute Gasteiger partial charge is 0.136 e. The van der Waals surface area contributed by atoms with Crippen LogP contribution in [0.5, 0.6) is 0 Å². The number of halogens is 1. The van der Waals surface area contributed by atoms with Crippen molar-refractivity contribution in [1.29, 1.82) is 0 Å². The van der Waals surface area contributed by atoms with Gasteiger partial charge in [-0.15, -0.1) is 11.3 Å². The molecule has 1 aromatic carbocycles. The predicted octanol–water partition coefficient (Wildman–Crippen LogP) is 2.98. The van der Waals surface area contributed by atoms with Crippen LogP contribution < -0.4 is 5.11 Å². The van der Waals surface area contributed by atoms with Crippen molar-refractivity contribution in [3.05, 3.63) is 52.6 Å². The Hall–Kier alpha value is -1.91. The summed E-state index contributed by atoms with van der Waals surface area (Å²) in [5.41, 5.74) is 1.19. The van der Waals surface area contributed by atoms with E-state index in [1.807, 2.05) is 24.3 Å². The Kier molecular flexibility index (Phi) is 2.97. The van der Waals surface area contributed by atoms with E-state index in [9.17, 15) is 9.90 Å². The van der Waals surface area contributed by atoms with Crippen LogP contribution in [0.1, 0.15) is 9.67 Å². The quantitative estimate of drug-likeness (QED) is 0.681. The van der Waals surface area contributed by atoms with Gasteiger partial charge in [-0.05, 0) is 18.2 Å². The van der Waals surface area contributed by atoms with Gasteiger partial charge in [0.05, 0.1) is 10.8 Å². The monoisotopic (exact) mass is 288 g/mol. The molecular formula is C14H7ClNO2S-. The maximum absolute atomic E-state index is 11.3. The van der Waals surface area contributed by atoms with Gasteiger partial charge >= 0.3 is 0 Å². The van der Waals surface area contributed by atoms with Gasteiger partial charge in [0.25, 0.3) is 0 Å². The minimum Gasteiger partial charge on any atom is -0.544 e. The fourth-order valence-corrected chi connectivity index (χ4v) is 3.29. The van der Waals surface area contributed by atoms with E-state index in [1.54, 1.807) is 18.3 Å². The van der Waals surface area contributed by atoms with Crippen molar-refractivity contribution in [2.24, 2.45) is 0 Å². The van der Waals surface area contributed by atoms with E-state index in [4.69, 9.17) is 11.6 Å². The van der Waals surface area contributed by atoms with Crippen LogP contribution in [0, 0.1) is 0 Å². The van der Waals surface area contributed by atoms with E-state index < -0.39 is 5.97 Å². The number of benzene rings is 1. The summed E-state index contributed by atoms with van der Waals surface area (Å²) in [6.07, 6.45) is 1.57. The van der Waals surface area contributed by atoms with Crippen LogP contribution in [-0.4, -0.2) is 11.0 Å². The maximum Gasteiger partial charge on any atom is 0.136 e. The average Bonchev–Trinajstić information content (AvgIpc) is 2.79. The number of carbonyl (C=O) groups excluding carboxylic acids is 1. The summed E-state index contributed by atoms with van der Waals surface area (Å²) in [6, 6.07) is 11.0. The van der Waals surface area contributed by atoms with E-state index in [1.165, 1.54) is 11.3 Å². The summed E-state index contributed by atoms with van der Waals surface area (Å²) in [5, 5.41) is 12.4. The highest BCUT2D eigenvalue weighted by molar-refractivity contribution is 7.21. The lowest BCUT2D eigenvalue weighted by Gasteiger charge is -2.06. The van der Waals surface area contributed by atoms with Gasteiger partial charge in [0.1, 0.15) is 5.15 Å². The third-order valence-electron chi connectivity index (χ3n) is 2.81. The molecule has 3 aromatic rings. The van der Waals surface area contributed by atoms with Crippen LogP contribution in [0.3, 0.4) is 0 Å². The number of thiophene rings is 1. The molecule has 0 spiro atoms. The number of carboxylic acids is 1. The topological polar surface area (TPSA) is 53.0 Å². The van der Waals surface area contributed by atoms with Crippen LogP contribution in [0.2, 0.25) is 5.15 Å². The van der Waals surface area contributed by atoms with Crippen molar-refractivity contribution in [3.8, 4) is 11.1 Å². The van der Waals surface area contributed by atoms with E-state index in [-0.39, 0.29) is 10.0 Å². The molecule has 3 nitrogen and oxygen atoms in total. The molecule has 2 aromatic heterocycles. The number of hydrogen-bond donors (Lipinski definition) is 0. The normalized spacial score (nSPS) is 10.8. The molecule has 3 rings (SSSR count). The molecule has 0 bridgehead atoms. The molecule has 0 aliphatic heterocycles. The average molecular weight is 289 g/mol. The molecule has 0 aliphatic rings. The van der Waals surface area contributed by atoms with Crippen LogP contribution >= 0.6 is 22.9 Å². The van der Waals surface area contributed by atoms with Gasteiger partial charge in [0.15, 0.2) is 0 Å². The predicted molar refractivity (Wildman–Crippen MR) is 74.4 cm³/mol. The minimum absolute atomic E-state index is 0.177. The lowest BCUT2D eigenvalue weighted by Crippen LogP contribution is -2.21. The van der Waals surface area contributed by atoms with Crippen LogP contribution in [-0.2, 0) is 0 Å². The Balaban J connectivity index is 2.42. The second-order valence-corrected chi connectivity index (χ2v) is 5.34. The van der Waals surface area contributed by atoms with Crippen LogP contribution in [0.15, 0.2) is 42.6 Å². The molecule has 0 amide bonds. The van der Waals surface area contributed by atoms with E-state index in [2.05, 4.69) is 4.98 Å². The first-order valence-corrected chi connectivity index (χ1v) is 6.71. The lowest BCUT2D eigenvalue weighted by atomic mass is 10.0. The summed E-state index contributed by atoms with van der Waals surface area (Å²) in [6.45, 7) is 0. The van der Waals surface area contributed by atoms with Crippen molar-refractivity contribution in [2.45, 2.75) is 0 Å². The highest BCUT2D eigenvalue weighted by Gasteiger charge is 2.16. The standard InChI is InChI=1S/C14H8ClNO2S/c15-13-9(5-3-7-16-13)11-8-4-1-2-6-10(8)19-12(11)14(17)18/h1-7H,(H,17,18)/p-1. The van der Waals surface area contributed by atoms with Crippen molar-refractivity contribution in [3.63, 3.8) is 0 Å². The number of carbonyl (C=O) groups is 1. The Bertz CT molecular complexity index is 782. The molecule has 0 aliphatic carbocycles. The van der Waals surface area contributed by atoms with Gasteiger partial charge in [0.2, 0.25) is 0 Å². The van der Waals surface area contributed by atoms with Gasteiger partial charge in [-0.25, -0.2) is 4.98 Å². The molecule has 0 radical (unpaired) electrons. The Labute approximate surface area is 118 Å². The van der Waals surface area contributed by atoms with Gasteiger partial charge in [-0.1, -0.05) is 29.8 Å². The van der Waals surface area contributed by atoms with Crippen molar-refractivity contribution in [2.75, 3.05) is 0 Å². The zero-order valence-corrected chi connectivity index (χ0v) is 11.2. The summed E-state index contributed by atoms with van der Waals surface area (Å²) in [5.74, 6) is -1.20. The minimum atomic E-state index is -1.20. The Morgan fingerprint density at radius 1 is 1.21 bits per heavy atom. The number of nitrogens with zero attached hydrogens (tertiary/aromatic N) is 1. The third kappa shape index (κ3) is 1.99. The zero-order valence-electron chi connectivity index (χ0n) is 9.59. The van der Waals surface area contributed by atoms with Gasteiger partial charge in [-0.2, -0.15) is 0 Å². The van der Waals surface area contributed by atoms with E-state index in [0.717, 1.165) is 10.1 Å². The Morgan fingerprint density at radius 3 is 2.74 bits per heavy atom. The summed E-state index contributed by atoms with van der Waals surface area (Å²) in [4.78, 5) is 15.5. The molecule has 94 valence electrons. The molecule has 0 atom stereocenters. The van der Waals surface area contributed by atoms with Crippen molar-refractivity contribution < 1.29 is 9.90 Å². The van der Waals surface area contributed by atoms with Gasteiger partial charge < -0.3 is 9.90 Å². The second kappa shape index (κ2) is 4.64. The first kappa shape index (κ1) is 12.1. The molecule has 0 fully saturated rings. The first-order valence-electron chi connectivity index (χ1n) is 5.52. The Morgan fingerprint density at radius 2 is 2.00 bits per heavy atom. The molecular weight excluding hydrogens is 282 g/mol. The highest BCUT2D eigenvalue weighted by Crippen LogP contribution is 2.40. The zero-order chi connectivity index (χ0) is 13.4. The summed E-state index contributed by atoms with van der Waals surface area (Å²) < 4.78 is 0.886. The number of rotatable bonds is 2. The highest BCUT2D eigenvalue weighted by atomic mass is 35.5. The third-order valence-corrected chi connectivity index (χ3v) is 4.26. The van der Waals surface area contributed by atoms with Gasteiger partial charge in [-0.3, -0.25) is 0 Å². The molecule has 5 heteroatoms. The molecule has 19 heavy (non-hydrogen) atoms. The maximum atomic E-state index is 11.3. The second-order valence-electron chi connectivity index (χ2n) is 3.93. The molecule has 2 heterocycles. The van der Waals surface area contributed by atoms with Crippen LogP contribution in [0.4, 0.5) is 0 Å². The van der Waals surface area contributed by atoms with Crippen molar-refractivity contribution >= 4 is 39.0 Å². The number of aromatic carboxylic acids is 1. The summed E-state index contributed by atoms with van der Waals surface area (Å²) >= 11 is 7.26. The van der Waals surface area contributed by atoms with E-state index in [0.29, 0.717) is 11.1 Å². The fraction of sp³-hybridized carbons (Fsp3) is 0. The number of carboxylic acid groups (broad SMARTS) is 1. The van der Waals surface area contributed by atoms with Crippen LogP contribution in [0.25, 0.3) is 21.2 Å². The molecule has 0 saturated carbocycles. The van der Waals surface area contributed by atoms with Gasteiger partial charge in [0, 0.05) is 27.4 Å². The molecule has 0 unspecified atom stereocenters. The summed E-state index contributed by atoms with van der Waals surface area (Å²) in [7, 11) is 0. The largest absolute Gasteiger partial charge is 0.544 e. The molecule has 0 saturated heterocycles. The number of fused-ring (bicyclic) bond motifs is 1. The SMILES string of the molecule is O=C([O-])c1sc2ccccc2c1-c1cccnc1Cl. The lowest BCUT2D eigenvalue weighted by molar-refractivity contribution is -0.254. The number of aromatic nitrogens is 1. The fourth-order valence-electron chi connectivity index (χ4n) is 2.03. The van der Waals surface area contributed by atoms with E-state index >= 15 is 0 Å².